The molecule has 1 heterocycles. The van der Waals surface area contributed by atoms with Crippen molar-refractivity contribution in [3.63, 3.8) is 0 Å². The topological polar surface area (TPSA) is 54.0 Å². The van der Waals surface area contributed by atoms with Gasteiger partial charge >= 0.3 is 5.97 Å². The molecule has 7 heteroatoms. The number of benzene rings is 1. The molecule has 0 N–H and O–H groups in total. The number of carbonyl (C=O) groups is 1. The highest BCUT2D eigenvalue weighted by Gasteiger charge is 2.41. The molecule has 0 unspecified atom stereocenters. The average Bonchev–Trinajstić information content (AvgIpc) is 2.78. The van der Waals surface area contributed by atoms with E-state index in [2.05, 4.69) is 86.8 Å². The molecule has 0 aromatic heterocycles. The second kappa shape index (κ2) is 12.8. The Balaban J connectivity index is 2.43. The first-order valence-corrected chi connectivity index (χ1v) is 20.0. The number of hydrogen-bond donors (Lipinski definition) is 0. The Morgan fingerprint density at radius 3 is 2.18 bits per heavy atom. The van der Waals surface area contributed by atoms with Gasteiger partial charge in [-0.25, -0.2) is 4.79 Å². The third kappa shape index (κ3) is 8.54. The minimum atomic E-state index is -2.04. The molecule has 1 aliphatic rings. The summed E-state index contributed by atoms with van der Waals surface area (Å²) in [5.74, 6) is 0.520. The fourth-order valence-electron chi connectivity index (χ4n) is 4.13. The van der Waals surface area contributed by atoms with E-state index in [1.165, 1.54) is 0 Å². The van der Waals surface area contributed by atoms with E-state index < -0.39 is 16.6 Å². The van der Waals surface area contributed by atoms with E-state index in [9.17, 15) is 4.79 Å². The number of methoxy groups -OCH3 is 1. The molecule has 0 radical (unpaired) electrons. The van der Waals surface area contributed by atoms with Gasteiger partial charge in [-0.05, 0) is 66.7 Å². The summed E-state index contributed by atoms with van der Waals surface area (Å²) in [4.78, 5) is 13.7. The summed E-state index contributed by atoms with van der Waals surface area (Å²) in [6.45, 7) is 25.5. The van der Waals surface area contributed by atoms with Crippen LogP contribution in [0.25, 0.3) is 0 Å². The summed E-state index contributed by atoms with van der Waals surface area (Å²) in [6.07, 6.45) is 6.92. The first kappa shape index (κ1) is 32.8. The summed E-state index contributed by atoms with van der Waals surface area (Å²) in [7, 11) is -2.36. The van der Waals surface area contributed by atoms with Crippen molar-refractivity contribution in [2.75, 3.05) is 13.7 Å². The van der Waals surface area contributed by atoms with E-state index in [4.69, 9.17) is 18.3 Å². The molecule has 0 spiro atoms. The molecule has 0 amide bonds. The number of ether oxygens (including phenoxy) is 2. The van der Waals surface area contributed by atoms with Crippen LogP contribution in [0.4, 0.5) is 0 Å². The van der Waals surface area contributed by atoms with Crippen LogP contribution in [0.15, 0.2) is 30.4 Å². The van der Waals surface area contributed by atoms with Crippen molar-refractivity contribution in [2.45, 2.75) is 123 Å². The second-order valence-electron chi connectivity index (χ2n) is 14.0. The Kier molecular flexibility index (Phi) is 11.1. The van der Waals surface area contributed by atoms with Gasteiger partial charge in [0, 0.05) is 19.4 Å². The summed E-state index contributed by atoms with van der Waals surface area (Å²) in [5, 5.41) is 0.216. The van der Waals surface area contributed by atoms with Crippen LogP contribution in [0.5, 0.6) is 5.75 Å². The molecule has 38 heavy (non-hydrogen) atoms. The standard InChI is InChI=1S/C31H54O5Si2/c1-23-16-13-14-17-24-18-15-19-26(33-8)28(24)29(32)35-25(20-21-34-37(9,10)30(2,3)4)22-27(23)36-38(11,12)31(5,6)7/h13-15,18-19,23,25,27H,16-17,20-22H2,1-12H3/t23-,25+,27+/m1/s1. The van der Waals surface area contributed by atoms with Crippen molar-refractivity contribution in [3.05, 3.63) is 41.5 Å². The number of esters is 1. The van der Waals surface area contributed by atoms with Gasteiger partial charge in [0.15, 0.2) is 16.6 Å². The Labute approximate surface area is 234 Å². The Hall–Kier alpha value is -1.42. The van der Waals surface area contributed by atoms with Crippen molar-refractivity contribution in [1.29, 1.82) is 0 Å². The number of hydrogen-bond acceptors (Lipinski definition) is 5. The van der Waals surface area contributed by atoms with Crippen molar-refractivity contribution in [3.8, 4) is 5.75 Å². The summed E-state index contributed by atoms with van der Waals surface area (Å²) in [5.41, 5.74) is 1.44. The van der Waals surface area contributed by atoms with Crippen molar-refractivity contribution < 1.29 is 23.1 Å². The van der Waals surface area contributed by atoms with E-state index in [1.54, 1.807) is 7.11 Å². The number of fused-ring (bicyclic) bond motifs is 1. The summed E-state index contributed by atoms with van der Waals surface area (Å²) >= 11 is 0. The lowest BCUT2D eigenvalue weighted by Gasteiger charge is -2.42. The van der Waals surface area contributed by atoms with Gasteiger partial charge in [0.25, 0.3) is 0 Å². The van der Waals surface area contributed by atoms with Gasteiger partial charge in [-0.15, -0.1) is 0 Å². The minimum absolute atomic E-state index is 0.0113. The maximum Gasteiger partial charge on any atom is 0.342 e. The third-order valence-electron chi connectivity index (χ3n) is 8.91. The molecule has 1 aliphatic heterocycles. The number of carbonyl (C=O) groups excluding carboxylic acids is 1. The van der Waals surface area contributed by atoms with E-state index >= 15 is 0 Å². The highest BCUT2D eigenvalue weighted by atomic mass is 28.4. The summed E-state index contributed by atoms with van der Waals surface area (Å²) in [6, 6.07) is 5.75. The molecule has 3 atom stereocenters. The normalized spacial score (nSPS) is 22.2. The zero-order chi connectivity index (χ0) is 28.9. The largest absolute Gasteiger partial charge is 0.496 e. The predicted octanol–water partition coefficient (Wildman–Crippen LogP) is 8.55. The van der Waals surface area contributed by atoms with Gasteiger partial charge in [0.05, 0.1) is 13.2 Å². The van der Waals surface area contributed by atoms with Gasteiger partial charge in [0.2, 0.25) is 0 Å². The van der Waals surface area contributed by atoms with Crippen LogP contribution in [0.3, 0.4) is 0 Å². The molecule has 5 nitrogen and oxygen atoms in total. The fourth-order valence-corrected chi connectivity index (χ4v) is 6.63. The van der Waals surface area contributed by atoms with Gasteiger partial charge < -0.3 is 18.3 Å². The Morgan fingerprint density at radius 1 is 0.974 bits per heavy atom. The van der Waals surface area contributed by atoms with E-state index in [0.29, 0.717) is 43.1 Å². The van der Waals surface area contributed by atoms with E-state index in [0.717, 1.165) is 12.0 Å². The van der Waals surface area contributed by atoms with Gasteiger partial charge in [-0.2, -0.15) is 0 Å². The van der Waals surface area contributed by atoms with Gasteiger partial charge in [-0.3, -0.25) is 0 Å². The number of rotatable bonds is 7. The summed E-state index contributed by atoms with van der Waals surface area (Å²) < 4.78 is 25.4. The predicted molar refractivity (Wildman–Crippen MR) is 163 cm³/mol. The van der Waals surface area contributed by atoms with Crippen LogP contribution >= 0.6 is 0 Å². The zero-order valence-electron chi connectivity index (χ0n) is 26.2. The maximum atomic E-state index is 13.7. The van der Waals surface area contributed by atoms with E-state index in [-0.39, 0.29) is 28.3 Å². The smallest absolute Gasteiger partial charge is 0.342 e. The molecule has 2 rings (SSSR count). The first-order chi connectivity index (χ1) is 17.4. The van der Waals surface area contributed by atoms with Crippen LogP contribution in [-0.2, 0) is 20.0 Å². The van der Waals surface area contributed by atoms with Crippen LogP contribution in [0, 0.1) is 5.92 Å². The Bertz CT molecular complexity index is 956. The van der Waals surface area contributed by atoms with Crippen molar-refractivity contribution in [1.82, 2.24) is 0 Å². The van der Waals surface area contributed by atoms with Crippen LogP contribution in [-0.4, -0.2) is 48.5 Å². The average molecular weight is 563 g/mol. The highest BCUT2D eigenvalue weighted by Crippen LogP contribution is 2.40. The molecule has 1 aromatic rings. The van der Waals surface area contributed by atoms with Crippen molar-refractivity contribution >= 4 is 22.6 Å². The zero-order valence-corrected chi connectivity index (χ0v) is 28.2. The van der Waals surface area contributed by atoms with Crippen LogP contribution in [0.1, 0.15) is 83.7 Å². The molecular weight excluding hydrogens is 509 g/mol. The number of cyclic esters (lactones) is 1. The molecule has 0 bridgehead atoms. The molecule has 0 aliphatic carbocycles. The van der Waals surface area contributed by atoms with E-state index in [1.807, 2.05) is 18.2 Å². The molecule has 0 saturated heterocycles. The number of allylic oxidation sites excluding steroid dienone is 2. The van der Waals surface area contributed by atoms with Crippen LogP contribution in [0.2, 0.25) is 36.3 Å². The third-order valence-corrected chi connectivity index (χ3v) is 18.0. The minimum Gasteiger partial charge on any atom is -0.496 e. The SMILES string of the molecule is COc1cccc2c1C(=O)O[C@@H](CCO[Si](C)(C)C(C)(C)C)C[C@H](O[Si](C)(C)C(C)(C)C)[C@H](C)CC=CC2. The monoisotopic (exact) mass is 562 g/mol. The second-order valence-corrected chi connectivity index (χ2v) is 23.5. The lowest BCUT2D eigenvalue weighted by Crippen LogP contribution is -2.46. The molecule has 0 fully saturated rings. The maximum absolute atomic E-state index is 13.7. The Morgan fingerprint density at radius 2 is 1.61 bits per heavy atom. The van der Waals surface area contributed by atoms with Crippen molar-refractivity contribution in [2.24, 2.45) is 5.92 Å². The lowest BCUT2D eigenvalue weighted by molar-refractivity contribution is 0.00198. The lowest BCUT2D eigenvalue weighted by atomic mass is 9.94. The van der Waals surface area contributed by atoms with Gasteiger partial charge in [-0.1, -0.05) is 72.8 Å². The highest BCUT2D eigenvalue weighted by molar-refractivity contribution is 6.74. The van der Waals surface area contributed by atoms with Crippen LogP contribution < -0.4 is 4.74 Å². The molecular formula is C31H54O5Si2. The molecule has 1 aromatic carbocycles. The quantitative estimate of drug-likeness (QED) is 0.189. The molecule has 216 valence electrons. The fraction of sp³-hybridized carbons (Fsp3) is 0.710. The molecule has 0 saturated carbocycles. The van der Waals surface area contributed by atoms with Gasteiger partial charge in [0.1, 0.15) is 17.4 Å². The first-order valence-electron chi connectivity index (χ1n) is 14.2.